The van der Waals surface area contributed by atoms with Crippen molar-refractivity contribution < 1.29 is 18.1 Å². The van der Waals surface area contributed by atoms with Gasteiger partial charge in [0.1, 0.15) is 11.6 Å². The van der Waals surface area contributed by atoms with Gasteiger partial charge in [0.15, 0.2) is 0 Å². The van der Waals surface area contributed by atoms with E-state index >= 15 is 0 Å². The summed E-state index contributed by atoms with van der Waals surface area (Å²) in [4.78, 5) is 9.69. The molecule has 0 amide bonds. The maximum absolute atomic E-state index is 13.6. The monoisotopic (exact) mass is 296 g/mol. The summed E-state index contributed by atoms with van der Waals surface area (Å²) in [5.74, 6) is -2.70. The number of anilines is 1. The fourth-order valence-electron chi connectivity index (χ4n) is 1.90. The smallest absolute Gasteiger partial charge is 0.305 e. The molecule has 0 spiro atoms. The fourth-order valence-corrected chi connectivity index (χ4v) is 1.90. The number of nitrogens with one attached hydrogen (secondary N) is 1. The van der Waals surface area contributed by atoms with E-state index in [2.05, 4.69) is 5.32 Å². The molecule has 0 heterocycles. The molecule has 2 aromatic rings. The molecule has 0 saturated heterocycles. The lowest BCUT2D eigenvalue weighted by atomic mass is 10.1. The molecule has 0 radical (unpaired) electrons. The summed E-state index contributed by atoms with van der Waals surface area (Å²) in [6.07, 6.45) is 0. The molecule has 7 heteroatoms. The van der Waals surface area contributed by atoms with E-state index in [1.165, 1.54) is 12.1 Å². The maximum atomic E-state index is 13.6. The summed E-state index contributed by atoms with van der Waals surface area (Å²) in [5.41, 5.74) is -0.167. The summed E-state index contributed by atoms with van der Waals surface area (Å²) in [6, 6.07) is 5.67. The molecule has 21 heavy (non-hydrogen) atoms. The van der Waals surface area contributed by atoms with Crippen molar-refractivity contribution in [3.05, 3.63) is 69.0 Å². The third-order valence-corrected chi connectivity index (χ3v) is 2.99. The summed E-state index contributed by atoms with van der Waals surface area (Å²) < 4.78 is 40.4. The van der Waals surface area contributed by atoms with Crippen LogP contribution in [-0.2, 0) is 6.54 Å². The highest BCUT2D eigenvalue weighted by atomic mass is 19.1. The van der Waals surface area contributed by atoms with Crippen molar-refractivity contribution >= 4 is 11.4 Å². The fraction of sp³-hybridized carbons (Fsp3) is 0.143. The minimum atomic E-state index is -1.25. The van der Waals surface area contributed by atoms with Gasteiger partial charge < -0.3 is 5.32 Å². The van der Waals surface area contributed by atoms with E-state index < -0.39 is 28.1 Å². The summed E-state index contributed by atoms with van der Waals surface area (Å²) >= 11 is 0. The van der Waals surface area contributed by atoms with Crippen molar-refractivity contribution in [2.75, 3.05) is 5.32 Å². The normalized spacial score (nSPS) is 10.5. The summed E-state index contributed by atoms with van der Waals surface area (Å²) in [7, 11) is 0. The Hall–Kier alpha value is -2.57. The molecule has 0 fully saturated rings. The number of benzene rings is 2. The number of halogens is 3. The van der Waals surface area contributed by atoms with Crippen LogP contribution in [0.5, 0.6) is 0 Å². The predicted octanol–water partition coefficient (Wildman–Crippen LogP) is 3.93. The number of aryl methyl sites for hydroxylation is 1. The average molecular weight is 296 g/mol. The van der Waals surface area contributed by atoms with Gasteiger partial charge >= 0.3 is 5.69 Å². The highest BCUT2D eigenvalue weighted by Crippen LogP contribution is 2.24. The van der Waals surface area contributed by atoms with E-state index in [1.807, 2.05) is 0 Å². The Morgan fingerprint density at radius 1 is 1.14 bits per heavy atom. The van der Waals surface area contributed by atoms with Crippen molar-refractivity contribution in [2.45, 2.75) is 13.5 Å². The van der Waals surface area contributed by atoms with Crippen LogP contribution < -0.4 is 5.32 Å². The quantitative estimate of drug-likeness (QED) is 0.687. The average Bonchev–Trinajstić information content (AvgIpc) is 2.39. The Morgan fingerprint density at radius 3 is 2.48 bits per heavy atom. The van der Waals surface area contributed by atoms with Crippen LogP contribution in [0, 0.1) is 34.5 Å². The summed E-state index contributed by atoms with van der Waals surface area (Å²) in [6.45, 7) is 1.46. The van der Waals surface area contributed by atoms with E-state index in [0.717, 1.165) is 6.07 Å². The standard InChI is InChI=1S/C14H11F3N2O2/c1-8-3-2-4-10(15)14(8)18-7-9-5-13(19(20)21)12(17)6-11(9)16/h2-6,18H,7H2,1H3. The molecule has 0 aliphatic heterocycles. The van der Waals surface area contributed by atoms with Gasteiger partial charge in [-0.1, -0.05) is 12.1 Å². The molecule has 110 valence electrons. The van der Waals surface area contributed by atoms with Crippen LogP contribution in [0.25, 0.3) is 0 Å². The minimum absolute atomic E-state index is 0.120. The topological polar surface area (TPSA) is 55.2 Å². The molecular formula is C14H11F3N2O2. The van der Waals surface area contributed by atoms with Gasteiger partial charge in [-0.05, 0) is 18.6 Å². The van der Waals surface area contributed by atoms with E-state index in [9.17, 15) is 23.3 Å². The van der Waals surface area contributed by atoms with Crippen molar-refractivity contribution in [1.82, 2.24) is 0 Å². The second-order valence-electron chi connectivity index (χ2n) is 4.44. The van der Waals surface area contributed by atoms with Crippen LogP contribution >= 0.6 is 0 Å². The molecule has 0 atom stereocenters. The number of para-hydroxylation sites is 1. The second-order valence-corrected chi connectivity index (χ2v) is 4.44. The van der Waals surface area contributed by atoms with Crippen molar-refractivity contribution in [2.24, 2.45) is 0 Å². The molecule has 0 bridgehead atoms. The van der Waals surface area contributed by atoms with Gasteiger partial charge in [-0.3, -0.25) is 10.1 Å². The molecule has 0 aliphatic carbocycles. The molecule has 0 aliphatic rings. The number of nitro benzene ring substituents is 1. The molecule has 0 unspecified atom stereocenters. The third kappa shape index (κ3) is 3.13. The first-order valence-corrected chi connectivity index (χ1v) is 6.01. The zero-order valence-corrected chi connectivity index (χ0v) is 11.0. The lowest BCUT2D eigenvalue weighted by molar-refractivity contribution is -0.387. The molecular weight excluding hydrogens is 285 g/mol. The lowest BCUT2D eigenvalue weighted by Gasteiger charge is -2.11. The van der Waals surface area contributed by atoms with Crippen molar-refractivity contribution in [3.63, 3.8) is 0 Å². The third-order valence-electron chi connectivity index (χ3n) is 2.99. The Kier molecular flexibility index (Phi) is 4.11. The highest BCUT2D eigenvalue weighted by Gasteiger charge is 2.18. The SMILES string of the molecule is Cc1cccc(F)c1NCc1cc([N+](=O)[O-])c(F)cc1F. The molecule has 1 N–H and O–H groups in total. The van der Waals surface area contributed by atoms with E-state index in [0.29, 0.717) is 11.6 Å². The Balaban J connectivity index is 2.28. The zero-order chi connectivity index (χ0) is 15.6. The van der Waals surface area contributed by atoms with Crippen molar-refractivity contribution in [3.8, 4) is 0 Å². The first-order chi connectivity index (χ1) is 9.90. The predicted molar refractivity (Wildman–Crippen MR) is 71.5 cm³/mol. The first-order valence-electron chi connectivity index (χ1n) is 6.01. The van der Waals surface area contributed by atoms with Gasteiger partial charge in [0.05, 0.1) is 10.6 Å². The largest absolute Gasteiger partial charge is 0.378 e. The van der Waals surface area contributed by atoms with Crippen molar-refractivity contribution in [1.29, 1.82) is 0 Å². The first kappa shape index (κ1) is 14.8. The Bertz CT molecular complexity index is 685. The van der Waals surface area contributed by atoms with E-state index in [4.69, 9.17) is 0 Å². The molecule has 2 aromatic carbocycles. The molecule has 0 aromatic heterocycles. The number of nitro groups is 1. The van der Waals surface area contributed by atoms with E-state index in [-0.39, 0.29) is 17.8 Å². The van der Waals surface area contributed by atoms with Crippen LogP contribution in [0.15, 0.2) is 30.3 Å². The van der Waals surface area contributed by atoms with Crippen LogP contribution in [0.3, 0.4) is 0 Å². The van der Waals surface area contributed by atoms with Gasteiger partial charge in [-0.15, -0.1) is 0 Å². The van der Waals surface area contributed by atoms with Crippen LogP contribution in [-0.4, -0.2) is 4.92 Å². The number of rotatable bonds is 4. The van der Waals surface area contributed by atoms with E-state index in [1.54, 1.807) is 13.0 Å². The maximum Gasteiger partial charge on any atom is 0.305 e. The van der Waals surface area contributed by atoms with Gasteiger partial charge in [0.25, 0.3) is 0 Å². The lowest BCUT2D eigenvalue weighted by Crippen LogP contribution is -2.06. The number of hydrogen-bond donors (Lipinski definition) is 1. The van der Waals surface area contributed by atoms with Gasteiger partial charge in [0, 0.05) is 24.2 Å². The molecule has 0 saturated carbocycles. The highest BCUT2D eigenvalue weighted by molar-refractivity contribution is 5.52. The van der Waals surface area contributed by atoms with Crippen LogP contribution in [0.2, 0.25) is 0 Å². The van der Waals surface area contributed by atoms with Crippen LogP contribution in [0.1, 0.15) is 11.1 Å². The van der Waals surface area contributed by atoms with Crippen LogP contribution in [0.4, 0.5) is 24.5 Å². The molecule has 2 rings (SSSR count). The minimum Gasteiger partial charge on any atom is -0.378 e. The Morgan fingerprint density at radius 2 is 1.86 bits per heavy atom. The zero-order valence-electron chi connectivity index (χ0n) is 11.0. The van der Waals surface area contributed by atoms with Gasteiger partial charge in [0.2, 0.25) is 5.82 Å². The number of hydrogen-bond acceptors (Lipinski definition) is 3. The van der Waals surface area contributed by atoms with Gasteiger partial charge in [-0.2, -0.15) is 4.39 Å². The number of nitrogens with zero attached hydrogens (tertiary/aromatic N) is 1. The second kappa shape index (κ2) is 5.82. The molecule has 4 nitrogen and oxygen atoms in total. The Labute approximate surface area is 118 Å². The van der Waals surface area contributed by atoms with Gasteiger partial charge in [-0.25, -0.2) is 8.78 Å². The summed E-state index contributed by atoms with van der Waals surface area (Å²) in [5, 5.41) is 13.3.